The molecule has 0 bridgehead atoms. The van der Waals surface area contributed by atoms with Crippen molar-refractivity contribution in [2.24, 2.45) is 0 Å². The van der Waals surface area contributed by atoms with Crippen LogP contribution in [0.25, 0.3) is 0 Å². The van der Waals surface area contributed by atoms with Crippen molar-refractivity contribution in [1.82, 2.24) is 0 Å². The Kier molecular flexibility index (Phi) is 3.24. The van der Waals surface area contributed by atoms with Crippen molar-refractivity contribution < 1.29 is 13.6 Å². The zero-order valence-corrected chi connectivity index (χ0v) is 8.56. The van der Waals surface area contributed by atoms with E-state index in [9.17, 15) is 9.00 Å². The molecular formula is C8H8O3S2. The van der Waals surface area contributed by atoms with E-state index in [1.807, 2.05) is 0 Å². The fraction of sp³-hybridized carbons (Fsp3) is 0.125. The Labute approximate surface area is 83.9 Å². The molecule has 0 spiro atoms. The lowest BCUT2D eigenvalue weighted by atomic mass is 10.1. The van der Waals surface area contributed by atoms with Gasteiger partial charge in [0.25, 0.3) is 0 Å². The molecule has 0 saturated carbocycles. The van der Waals surface area contributed by atoms with Crippen LogP contribution in [0.1, 0.15) is 17.3 Å². The van der Waals surface area contributed by atoms with E-state index < -0.39 is 11.1 Å². The molecule has 0 aliphatic rings. The molecule has 1 N–H and O–H groups in total. The minimum Gasteiger partial charge on any atom is -0.302 e. The van der Waals surface area contributed by atoms with Gasteiger partial charge < -0.3 is 4.55 Å². The van der Waals surface area contributed by atoms with Crippen molar-refractivity contribution >= 4 is 29.5 Å². The minimum atomic E-state index is -2.10. The van der Waals surface area contributed by atoms with Crippen LogP contribution >= 0.6 is 12.6 Å². The maximum absolute atomic E-state index is 10.9. The Hall–Kier alpha value is -0.650. The Morgan fingerprint density at radius 1 is 1.54 bits per heavy atom. The first kappa shape index (κ1) is 10.4. The minimum absolute atomic E-state index is 0.139. The number of carbonyl (C=O) groups excluding carboxylic acids is 1. The second-order valence-corrected chi connectivity index (χ2v) is 3.91. The van der Waals surface area contributed by atoms with Gasteiger partial charge in [-0.15, -0.1) is 12.6 Å². The highest BCUT2D eigenvalue weighted by molar-refractivity contribution is 7.83. The van der Waals surface area contributed by atoms with Crippen LogP contribution in [0.5, 0.6) is 0 Å². The molecule has 0 aromatic heterocycles. The number of hydrogen-bond acceptors (Lipinski definition) is 3. The zero-order valence-electron chi connectivity index (χ0n) is 6.85. The molecule has 1 rings (SSSR count). The van der Waals surface area contributed by atoms with Gasteiger partial charge in [-0.1, -0.05) is 6.07 Å². The molecule has 5 heteroatoms. The third-order valence-corrected chi connectivity index (χ3v) is 2.81. The summed E-state index contributed by atoms with van der Waals surface area (Å²) < 4.78 is 19.6. The van der Waals surface area contributed by atoms with Crippen LogP contribution in [-0.4, -0.2) is 14.5 Å². The van der Waals surface area contributed by atoms with Crippen LogP contribution in [-0.2, 0) is 11.1 Å². The van der Waals surface area contributed by atoms with Crippen LogP contribution in [0.3, 0.4) is 0 Å². The predicted octanol–water partition coefficient (Wildman–Crippen LogP) is 1.76. The van der Waals surface area contributed by atoms with Gasteiger partial charge >= 0.3 is 0 Å². The summed E-state index contributed by atoms with van der Waals surface area (Å²) in [6.45, 7) is 1.40. The lowest BCUT2D eigenvalue weighted by Crippen LogP contribution is -1.96. The predicted molar refractivity (Wildman–Crippen MR) is 52.7 cm³/mol. The summed E-state index contributed by atoms with van der Waals surface area (Å²) in [5.41, 5.74) is 0.412. The van der Waals surface area contributed by atoms with Crippen molar-refractivity contribution in [3.8, 4) is 0 Å². The largest absolute Gasteiger partial charge is 0.302 e. The van der Waals surface area contributed by atoms with Crippen LogP contribution < -0.4 is 0 Å². The Balaban J connectivity index is 3.27. The van der Waals surface area contributed by atoms with Gasteiger partial charge in [0.15, 0.2) is 16.9 Å². The molecular weight excluding hydrogens is 208 g/mol. The number of Topliss-reactive ketones (excluding diaryl/α,β-unsaturated/α-hetero) is 1. The van der Waals surface area contributed by atoms with Gasteiger partial charge in [0, 0.05) is 10.5 Å². The van der Waals surface area contributed by atoms with E-state index >= 15 is 0 Å². The first-order valence-electron chi connectivity index (χ1n) is 3.47. The first-order chi connectivity index (χ1) is 6.02. The topological polar surface area (TPSA) is 54.4 Å². The van der Waals surface area contributed by atoms with Crippen LogP contribution in [0.15, 0.2) is 28.0 Å². The highest BCUT2D eigenvalue weighted by Gasteiger charge is 2.08. The molecule has 0 fully saturated rings. The van der Waals surface area contributed by atoms with Crippen molar-refractivity contribution in [3.05, 3.63) is 23.8 Å². The van der Waals surface area contributed by atoms with Crippen LogP contribution in [0.4, 0.5) is 0 Å². The summed E-state index contributed by atoms with van der Waals surface area (Å²) in [5, 5.41) is 0. The summed E-state index contributed by atoms with van der Waals surface area (Å²) in [7, 11) is 0. The molecule has 0 aliphatic carbocycles. The fourth-order valence-corrected chi connectivity index (χ4v) is 1.72. The standard InChI is InChI=1S/C8H8O3S2/c1-5(9)6-2-3-7(12)8(4-6)13(10)11/h2-4,12H,1H3,(H,10,11). The Morgan fingerprint density at radius 2 is 2.15 bits per heavy atom. The molecule has 3 nitrogen and oxygen atoms in total. The van der Waals surface area contributed by atoms with E-state index in [1.54, 1.807) is 6.07 Å². The van der Waals surface area contributed by atoms with E-state index in [0.29, 0.717) is 10.5 Å². The summed E-state index contributed by atoms with van der Waals surface area (Å²) >= 11 is 1.89. The van der Waals surface area contributed by atoms with Crippen molar-refractivity contribution in [1.29, 1.82) is 0 Å². The van der Waals surface area contributed by atoms with Crippen molar-refractivity contribution in [3.63, 3.8) is 0 Å². The van der Waals surface area contributed by atoms with Gasteiger partial charge in [-0.05, 0) is 19.1 Å². The molecule has 70 valence electrons. The van der Waals surface area contributed by atoms with Crippen molar-refractivity contribution in [2.75, 3.05) is 0 Å². The number of thiol groups is 1. The maximum Gasteiger partial charge on any atom is 0.187 e. The van der Waals surface area contributed by atoms with Crippen LogP contribution in [0, 0.1) is 0 Å². The van der Waals surface area contributed by atoms with Gasteiger partial charge in [0.2, 0.25) is 0 Å². The molecule has 0 amide bonds. The second-order valence-electron chi connectivity index (χ2n) is 2.49. The highest BCUT2D eigenvalue weighted by Crippen LogP contribution is 2.18. The lowest BCUT2D eigenvalue weighted by Gasteiger charge is -2.01. The fourth-order valence-electron chi connectivity index (χ4n) is 0.873. The van der Waals surface area contributed by atoms with Gasteiger partial charge in [0.05, 0.1) is 4.90 Å². The molecule has 1 aromatic carbocycles. The number of rotatable bonds is 2. The summed E-state index contributed by atoms with van der Waals surface area (Å²) in [6, 6.07) is 4.48. The number of benzene rings is 1. The van der Waals surface area contributed by atoms with E-state index in [2.05, 4.69) is 12.6 Å². The number of ketones is 1. The van der Waals surface area contributed by atoms with Gasteiger partial charge in [-0.25, -0.2) is 4.21 Å². The van der Waals surface area contributed by atoms with Crippen LogP contribution in [0.2, 0.25) is 0 Å². The molecule has 1 aromatic rings. The first-order valence-corrected chi connectivity index (χ1v) is 5.02. The SMILES string of the molecule is CC(=O)c1ccc(S)c(S(=O)O)c1. The average Bonchev–Trinajstić information content (AvgIpc) is 2.04. The van der Waals surface area contributed by atoms with E-state index in [1.165, 1.54) is 19.1 Å². The zero-order chi connectivity index (χ0) is 10.0. The lowest BCUT2D eigenvalue weighted by molar-refractivity contribution is 0.101. The second kappa shape index (κ2) is 4.04. The number of hydrogen-bond donors (Lipinski definition) is 2. The van der Waals surface area contributed by atoms with E-state index in [0.717, 1.165) is 0 Å². The quantitative estimate of drug-likeness (QED) is 0.450. The van der Waals surface area contributed by atoms with Gasteiger partial charge in [-0.2, -0.15) is 0 Å². The van der Waals surface area contributed by atoms with E-state index in [4.69, 9.17) is 4.55 Å². The smallest absolute Gasteiger partial charge is 0.187 e. The molecule has 1 unspecified atom stereocenters. The van der Waals surface area contributed by atoms with Crippen molar-refractivity contribution in [2.45, 2.75) is 16.7 Å². The van der Waals surface area contributed by atoms with E-state index in [-0.39, 0.29) is 10.7 Å². The summed E-state index contributed by atoms with van der Waals surface area (Å²) in [6.07, 6.45) is 0. The highest BCUT2D eigenvalue weighted by atomic mass is 32.2. The third kappa shape index (κ3) is 2.40. The molecule has 13 heavy (non-hydrogen) atoms. The molecule has 0 saturated heterocycles. The summed E-state index contributed by atoms with van der Waals surface area (Å²) in [5.74, 6) is -0.139. The molecule has 0 aliphatic heterocycles. The Bertz CT molecular complexity index is 374. The molecule has 0 heterocycles. The molecule has 1 atom stereocenters. The Morgan fingerprint density at radius 3 is 2.62 bits per heavy atom. The van der Waals surface area contributed by atoms with Gasteiger partial charge in [0.1, 0.15) is 0 Å². The number of carbonyl (C=O) groups is 1. The maximum atomic E-state index is 10.9. The third-order valence-electron chi connectivity index (χ3n) is 1.55. The normalized spacial score (nSPS) is 12.5. The van der Waals surface area contributed by atoms with Gasteiger partial charge in [-0.3, -0.25) is 4.79 Å². The monoisotopic (exact) mass is 216 g/mol. The average molecular weight is 216 g/mol. The summed E-state index contributed by atoms with van der Waals surface area (Å²) in [4.78, 5) is 11.5. The molecule has 0 radical (unpaired) electrons.